The molecule has 3 rings (SSSR count). The molecule has 2 aromatic rings. The standard InChI is InChI=1S/C19H19ClF2N2O3/c1-18(27)4-5-19(22,14-3-2-6-23-16(14)18)17(26)24-9-13-11(10-25)7-12(21)8-15(13)20/h2-3,6-8,25,27H,4-5,9-10H2,1H3,(H,24,26). The summed E-state index contributed by atoms with van der Waals surface area (Å²) < 4.78 is 29.1. The van der Waals surface area contributed by atoms with Crippen molar-refractivity contribution in [3.8, 4) is 0 Å². The molecule has 144 valence electrons. The lowest BCUT2D eigenvalue weighted by Crippen LogP contribution is -2.47. The number of benzene rings is 1. The third-order valence-corrected chi connectivity index (χ3v) is 5.25. The van der Waals surface area contributed by atoms with Gasteiger partial charge in [0.25, 0.3) is 5.91 Å². The molecule has 0 saturated heterocycles. The van der Waals surface area contributed by atoms with Crippen molar-refractivity contribution in [2.75, 3.05) is 0 Å². The smallest absolute Gasteiger partial charge is 0.262 e. The van der Waals surface area contributed by atoms with Crippen molar-refractivity contribution >= 4 is 17.5 Å². The summed E-state index contributed by atoms with van der Waals surface area (Å²) in [7, 11) is 0. The Morgan fingerprint density at radius 2 is 2.15 bits per heavy atom. The van der Waals surface area contributed by atoms with E-state index in [2.05, 4.69) is 10.3 Å². The van der Waals surface area contributed by atoms with Crippen molar-refractivity contribution in [3.05, 3.63) is 63.7 Å². The van der Waals surface area contributed by atoms with Gasteiger partial charge in [-0.15, -0.1) is 0 Å². The van der Waals surface area contributed by atoms with Crippen LogP contribution in [0.4, 0.5) is 8.78 Å². The van der Waals surface area contributed by atoms with Gasteiger partial charge in [-0.3, -0.25) is 9.78 Å². The highest BCUT2D eigenvalue weighted by atomic mass is 35.5. The number of aromatic nitrogens is 1. The lowest BCUT2D eigenvalue weighted by molar-refractivity contribution is -0.136. The number of fused-ring (bicyclic) bond motifs is 1. The fourth-order valence-electron chi connectivity index (χ4n) is 3.36. The maximum Gasteiger partial charge on any atom is 0.262 e. The molecule has 1 aliphatic carbocycles. The molecular formula is C19H19ClF2N2O3. The second-order valence-corrected chi connectivity index (χ2v) is 7.25. The largest absolute Gasteiger partial charge is 0.392 e. The second-order valence-electron chi connectivity index (χ2n) is 6.84. The molecule has 2 atom stereocenters. The third-order valence-electron chi connectivity index (χ3n) is 4.91. The fraction of sp³-hybridized carbons (Fsp3) is 0.368. The minimum atomic E-state index is -2.36. The number of hydrogen-bond acceptors (Lipinski definition) is 4. The number of nitrogens with zero attached hydrogens (tertiary/aromatic N) is 1. The Labute approximate surface area is 160 Å². The third kappa shape index (κ3) is 3.54. The van der Waals surface area contributed by atoms with Gasteiger partial charge in [-0.05, 0) is 49.1 Å². The average Bonchev–Trinajstić information content (AvgIpc) is 2.63. The first-order valence-corrected chi connectivity index (χ1v) is 8.80. The molecule has 1 aromatic heterocycles. The van der Waals surface area contributed by atoms with Crippen molar-refractivity contribution in [1.29, 1.82) is 0 Å². The van der Waals surface area contributed by atoms with Gasteiger partial charge >= 0.3 is 0 Å². The van der Waals surface area contributed by atoms with Crippen molar-refractivity contribution in [2.45, 2.75) is 44.2 Å². The van der Waals surface area contributed by atoms with Crippen LogP contribution in [0.3, 0.4) is 0 Å². The van der Waals surface area contributed by atoms with Crippen molar-refractivity contribution in [1.82, 2.24) is 10.3 Å². The average molecular weight is 397 g/mol. The van der Waals surface area contributed by atoms with E-state index in [9.17, 15) is 19.4 Å². The molecule has 5 nitrogen and oxygen atoms in total. The highest BCUT2D eigenvalue weighted by molar-refractivity contribution is 6.31. The first-order valence-electron chi connectivity index (χ1n) is 8.42. The maximum atomic E-state index is 15.6. The van der Waals surface area contributed by atoms with Gasteiger partial charge in [0, 0.05) is 23.3 Å². The van der Waals surface area contributed by atoms with Gasteiger partial charge in [-0.1, -0.05) is 17.7 Å². The van der Waals surface area contributed by atoms with Crippen molar-refractivity contribution in [2.24, 2.45) is 0 Å². The van der Waals surface area contributed by atoms with Gasteiger partial charge in [0.1, 0.15) is 11.4 Å². The van der Waals surface area contributed by atoms with E-state index in [-0.39, 0.29) is 41.2 Å². The summed E-state index contributed by atoms with van der Waals surface area (Å²) in [5, 5.41) is 22.3. The van der Waals surface area contributed by atoms with Gasteiger partial charge < -0.3 is 15.5 Å². The Bertz CT molecular complexity index is 891. The van der Waals surface area contributed by atoms with Crippen LogP contribution in [0.1, 0.15) is 42.1 Å². The zero-order valence-corrected chi connectivity index (χ0v) is 15.4. The van der Waals surface area contributed by atoms with Crippen LogP contribution in [0.5, 0.6) is 0 Å². The quantitative estimate of drug-likeness (QED) is 0.742. The molecule has 1 heterocycles. The zero-order chi connectivity index (χ0) is 19.8. The minimum Gasteiger partial charge on any atom is -0.392 e. The minimum absolute atomic E-state index is 0.0198. The molecule has 1 amide bonds. The van der Waals surface area contributed by atoms with Crippen molar-refractivity contribution in [3.63, 3.8) is 0 Å². The Morgan fingerprint density at radius 1 is 1.41 bits per heavy atom. The van der Waals surface area contributed by atoms with E-state index < -0.39 is 29.6 Å². The number of halogens is 3. The van der Waals surface area contributed by atoms with E-state index in [0.717, 1.165) is 12.1 Å². The van der Waals surface area contributed by atoms with E-state index >= 15 is 4.39 Å². The molecule has 27 heavy (non-hydrogen) atoms. The summed E-state index contributed by atoms with van der Waals surface area (Å²) in [5.74, 6) is -1.52. The maximum absolute atomic E-state index is 15.6. The number of alkyl halides is 1. The normalized spacial score (nSPS) is 24.4. The SMILES string of the molecule is CC1(O)CCC(F)(C(=O)NCc2c(Cl)cc(F)cc2CO)c2cccnc21. The first-order chi connectivity index (χ1) is 12.7. The number of hydrogen-bond donors (Lipinski definition) is 3. The highest BCUT2D eigenvalue weighted by Crippen LogP contribution is 2.45. The van der Waals surface area contributed by atoms with E-state index in [0.29, 0.717) is 5.56 Å². The molecule has 0 radical (unpaired) electrons. The number of amides is 1. The van der Waals surface area contributed by atoms with Crippen LogP contribution in [0, 0.1) is 5.82 Å². The van der Waals surface area contributed by atoms with Crippen LogP contribution in [0.25, 0.3) is 0 Å². The van der Waals surface area contributed by atoms with E-state index in [1.165, 1.54) is 25.3 Å². The number of rotatable bonds is 4. The molecule has 1 aliphatic rings. The highest BCUT2D eigenvalue weighted by Gasteiger charge is 2.50. The Hall–Kier alpha value is -2.09. The summed E-state index contributed by atoms with van der Waals surface area (Å²) in [6.45, 7) is 0.882. The van der Waals surface area contributed by atoms with Crippen LogP contribution < -0.4 is 5.32 Å². The number of aliphatic hydroxyl groups is 2. The number of nitrogens with one attached hydrogen (secondary N) is 1. The fourth-order valence-corrected chi connectivity index (χ4v) is 3.66. The molecule has 1 aromatic carbocycles. The van der Waals surface area contributed by atoms with Crippen molar-refractivity contribution < 1.29 is 23.8 Å². The summed E-state index contributed by atoms with van der Waals surface area (Å²) in [6, 6.07) is 5.10. The molecule has 0 bridgehead atoms. The van der Waals surface area contributed by atoms with Crippen LogP contribution in [-0.2, 0) is 29.2 Å². The summed E-state index contributed by atoms with van der Waals surface area (Å²) in [4.78, 5) is 16.7. The Kier molecular flexibility index (Phi) is 5.20. The van der Waals surface area contributed by atoms with Crippen LogP contribution in [0.15, 0.2) is 30.5 Å². The Morgan fingerprint density at radius 3 is 2.85 bits per heavy atom. The molecule has 0 aliphatic heterocycles. The summed E-state index contributed by atoms with van der Waals surface area (Å²) in [5.41, 5.74) is -3.02. The molecule has 0 saturated carbocycles. The van der Waals surface area contributed by atoms with E-state index in [4.69, 9.17) is 11.6 Å². The number of pyridine rings is 1. The Balaban J connectivity index is 1.87. The number of aliphatic hydroxyl groups excluding tert-OH is 1. The molecule has 3 N–H and O–H groups in total. The zero-order valence-electron chi connectivity index (χ0n) is 14.6. The number of carbonyl (C=O) groups excluding carboxylic acids is 1. The van der Waals surface area contributed by atoms with E-state index in [1.807, 2.05) is 0 Å². The number of carbonyl (C=O) groups is 1. The topological polar surface area (TPSA) is 82.5 Å². The lowest BCUT2D eigenvalue weighted by Gasteiger charge is -2.37. The van der Waals surface area contributed by atoms with Gasteiger partial charge in [0.05, 0.1) is 12.3 Å². The predicted molar refractivity (Wildman–Crippen MR) is 95.0 cm³/mol. The molecule has 8 heteroatoms. The first kappa shape index (κ1) is 19.7. The van der Waals surface area contributed by atoms with Crippen LogP contribution in [-0.4, -0.2) is 21.1 Å². The predicted octanol–water partition coefficient (Wildman–Crippen LogP) is 2.85. The summed E-state index contributed by atoms with van der Waals surface area (Å²) in [6.07, 6.45) is 1.25. The summed E-state index contributed by atoms with van der Waals surface area (Å²) >= 11 is 6.00. The lowest BCUT2D eigenvalue weighted by atomic mass is 9.75. The van der Waals surface area contributed by atoms with Gasteiger partial charge in [-0.2, -0.15) is 0 Å². The van der Waals surface area contributed by atoms with E-state index in [1.54, 1.807) is 0 Å². The molecule has 0 spiro atoms. The van der Waals surface area contributed by atoms with Gasteiger partial charge in [0.2, 0.25) is 5.67 Å². The molecule has 2 unspecified atom stereocenters. The molecule has 0 fully saturated rings. The van der Waals surface area contributed by atoms with Crippen LogP contribution >= 0.6 is 11.6 Å². The second kappa shape index (κ2) is 7.14. The van der Waals surface area contributed by atoms with Gasteiger partial charge in [-0.25, -0.2) is 8.78 Å². The monoisotopic (exact) mass is 396 g/mol. The van der Waals surface area contributed by atoms with Gasteiger partial charge in [0.15, 0.2) is 0 Å². The van der Waals surface area contributed by atoms with Crippen LogP contribution in [0.2, 0.25) is 5.02 Å². The molecular weight excluding hydrogens is 378 g/mol.